The summed E-state index contributed by atoms with van der Waals surface area (Å²) in [5.41, 5.74) is 4.36. The van der Waals surface area contributed by atoms with Crippen LogP contribution in [0.25, 0.3) is 11.4 Å². The number of imidazole rings is 1. The van der Waals surface area contributed by atoms with E-state index in [1.807, 2.05) is 42.6 Å². The highest BCUT2D eigenvalue weighted by Gasteiger charge is 2.15. The lowest BCUT2D eigenvalue weighted by molar-refractivity contribution is 0.474. The molecule has 0 aliphatic heterocycles. The summed E-state index contributed by atoms with van der Waals surface area (Å²) in [6.45, 7) is 0. The molecular weight excluding hydrogens is 351 g/mol. The van der Waals surface area contributed by atoms with E-state index in [4.69, 9.17) is 0 Å². The second kappa shape index (κ2) is 8.09. The summed E-state index contributed by atoms with van der Waals surface area (Å²) in [4.78, 5) is 7.49. The van der Waals surface area contributed by atoms with Crippen molar-refractivity contribution in [1.29, 1.82) is 0 Å². The molecule has 1 heterocycles. The van der Waals surface area contributed by atoms with E-state index in [1.165, 1.54) is 17.7 Å². The van der Waals surface area contributed by atoms with Crippen LogP contribution < -0.4 is 0 Å². The van der Waals surface area contributed by atoms with Crippen LogP contribution in [0.4, 0.5) is 4.39 Å². The maximum atomic E-state index is 13.3. The van der Waals surface area contributed by atoms with Gasteiger partial charge in [-0.3, -0.25) is 0 Å². The van der Waals surface area contributed by atoms with E-state index in [1.54, 1.807) is 18.3 Å². The second-order valence-corrected chi connectivity index (χ2v) is 6.96. The third-order valence-corrected chi connectivity index (χ3v) is 4.92. The van der Waals surface area contributed by atoms with Crippen LogP contribution in [0.15, 0.2) is 85.2 Å². The van der Waals surface area contributed by atoms with Gasteiger partial charge in [-0.15, -0.1) is 0 Å². The van der Waals surface area contributed by atoms with Gasteiger partial charge in [-0.1, -0.05) is 42.5 Å². The number of hydrogen-bond donors (Lipinski definition) is 2. The monoisotopic (exact) mass is 372 g/mol. The Labute approximate surface area is 163 Å². The van der Waals surface area contributed by atoms with E-state index in [2.05, 4.69) is 22.1 Å². The molecule has 0 radical (unpaired) electrons. The third-order valence-electron chi connectivity index (χ3n) is 4.92. The maximum Gasteiger partial charge on any atom is 0.137 e. The van der Waals surface area contributed by atoms with E-state index in [-0.39, 0.29) is 17.5 Å². The van der Waals surface area contributed by atoms with E-state index >= 15 is 0 Å². The minimum atomic E-state index is -0.229. The van der Waals surface area contributed by atoms with Gasteiger partial charge in [0.05, 0.1) is 0 Å². The van der Waals surface area contributed by atoms with Crippen LogP contribution in [0.2, 0.25) is 0 Å². The number of halogens is 1. The van der Waals surface area contributed by atoms with E-state index in [0.717, 1.165) is 35.4 Å². The number of nitrogens with one attached hydrogen (secondary N) is 1. The molecule has 1 aromatic heterocycles. The standard InChI is InChI=1S/C24H21FN2O/c25-22-9-7-17(8-10-22)13-21(14-18-3-1-6-23(28)15-18)19-4-2-5-20(16-19)24-26-11-12-27-24/h1-12,15-16,21,28H,13-14H2,(H,26,27). The number of nitrogens with zero attached hydrogens (tertiary/aromatic N) is 1. The molecule has 1 unspecified atom stereocenters. The molecule has 4 aromatic rings. The zero-order valence-electron chi connectivity index (χ0n) is 15.3. The molecular formula is C24H21FN2O. The van der Waals surface area contributed by atoms with Crippen molar-refractivity contribution in [2.45, 2.75) is 18.8 Å². The number of aromatic amines is 1. The molecule has 3 aromatic carbocycles. The maximum absolute atomic E-state index is 13.3. The summed E-state index contributed by atoms with van der Waals surface area (Å²) in [5, 5.41) is 9.83. The van der Waals surface area contributed by atoms with Crippen molar-refractivity contribution in [3.63, 3.8) is 0 Å². The Morgan fingerprint density at radius 1 is 0.893 bits per heavy atom. The highest BCUT2D eigenvalue weighted by Crippen LogP contribution is 2.29. The van der Waals surface area contributed by atoms with Gasteiger partial charge in [0.2, 0.25) is 0 Å². The van der Waals surface area contributed by atoms with Gasteiger partial charge in [0.1, 0.15) is 17.4 Å². The first-order chi connectivity index (χ1) is 13.7. The van der Waals surface area contributed by atoms with Crippen LogP contribution in [0.3, 0.4) is 0 Å². The van der Waals surface area contributed by atoms with Crippen LogP contribution in [-0.2, 0) is 12.8 Å². The summed E-state index contributed by atoms with van der Waals surface area (Å²) < 4.78 is 13.3. The van der Waals surface area contributed by atoms with Gasteiger partial charge in [0, 0.05) is 18.0 Å². The van der Waals surface area contributed by atoms with Gasteiger partial charge in [-0.25, -0.2) is 9.37 Å². The number of H-pyrrole nitrogens is 1. The third kappa shape index (κ3) is 4.29. The average molecular weight is 372 g/mol. The minimum absolute atomic E-state index is 0.183. The molecule has 2 N–H and O–H groups in total. The quantitative estimate of drug-likeness (QED) is 0.470. The molecule has 0 aliphatic rings. The number of phenolic OH excluding ortho intramolecular Hbond substituents is 1. The molecule has 3 nitrogen and oxygen atoms in total. The molecule has 1 atom stereocenters. The fourth-order valence-corrected chi connectivity index (χ4v) is 3.54. The first-order valence-corrected chi connectivity index (χ1v) is 9.29. The summed E-state index contributed by atoms with van der Waals surface area (Å²) in [6.07, 6.45) is 5.10. The van der Waals surface area contributed by atoms with E-state index in [9.17, 15) is 9.50 Å². The van der Waals surface area contributed by atoms with Crippen LogP contribution in [0.5, 0.6) is 5.75 Å². The number of rotatable bonds is 6. The largest absolute Gasteiger partial charge is 0.508 e. The molecule has 28 heavy (non-hydrogen) atoms. The highest BCUT2D eigenvalue weighted by atomic mass is 19.1. The molecule has 140 valence electrons. The fraction of sp³-hybridized carbons (Fsp3) is 0.125. The summed E-state index contributed by atoms with van der Waals surface area (Å²) in [5.74, 6) is 1.05. The number of aromatic hydroxyl groups is 1. The lowest BCUT2D eigenvalue weighted by Gasteiger charge is -2.19. The number of aromatic nitrogens is 2. The smallest absolute Gasteiger partial charge is 0.137 e. The number of phenols is 1. The van der Waals surface area contributed by atoms with Crippen molar-refractivity contribution in [1.82, 2.24) is 9.97 Å². The summed E-state index contributed by atoms with van der Waals surface area (Å²) in [7, 11) is 0. The van der Waals surface area contributed by atoms with Gasteiger partial charge in [-0.2, -0.15) is 0 Å². The molecule has 0 saturated carbocycles. The number of hydrogen-bond acceptors (Lipinski definition) is 2. The van der Waals surface area contributed by atoms with Crippen molar-refractivity contribution in [3.8, 4) is 17.1 Å². The number of benzene rings is 3. The van der Waals surface area contributed by atoms with E-state index in [0.29, 0.717) is 0 Å². The SMILES string of the molecule is Oc1cccc(CC(Cc2ccc(F)cc2)c2cccc(-c3ncc[nH]3)c2)c1. The summed E-state index contributed by atoms with van der Waals surface area (Å²) >= 11 is 0. The molecule has 0 aliphatic carbocycles. The van der Waals surface area contributed by atoms with Crippen LogP contribution in [0.1, 0.15) is 22.6 Å². The second-order valence-electron chi connectivity index (χ2n) is 6.96. The first kappa shape index (κ1) is 18.0. The topological polar surface area (TPSA) is 48.9 Å². The van der Waals surface area contributed by atoms with Crippen LogP contribution in [-0.4, -0.2) is 15.1 Å². The molecule has 0 bridgehead atoms. The molecule has 0 saturated heterocycles. The Kier molecular flexibility index (Phi) is 5.20. The highest BCUT2D eigenvalue weighted by molar-refractivity contribution is 5.56. The lowest BCUT2D eigenvalue weighted by atomic mass is 9.86. The van der Waals surface area contributed by atoms with Gasteiger partial charge >= 0.3 is 0 Å². The zero-order chi connectivity index (χ0) is 19.3. The Morgan fingerprint density at radius 2 is 1.68 bits per heavy atom. The van der Waals surface area contributed by atoms with Gasteiger partial charge < -0.3 is 10.1 Å². The molecule has 0 spiro atoms. The predicted molar refractivity (Wildman–Crippen MR) is 109 cm³/mol. The van der Waals surface area contributed by atoms with Crippen molar-refractivity contribution in [3.05, 3.63) is 108 Å². The predicted octanol–water partition coefficient (Wildman–Crippen LogP) is 5.49. The van der Waals surface area contributed by atoms with Gasteiger partial charge in [-0.05, 0) is 65.8 Å². The van der Waals surface area contributed by atoms with Crippen molar-refractivity contribution in [2.75, 3.05) is 0 Å². The first-order valence-electron chi connectivity index (χ1n) is 9.29. The van der Waals surface area contributed by atoms with E-state index < -0.39 is 0 Å². The molecule has 0 fully saturated rings. The fourth-order valence-electron chi connectivity index (χ4n) is 3.54. The Bertz CT molecular complexity index is 1040. The normalized spacial score (nSPS) is 12.0. The van der Waals surface area contributed by atoms with Gasteiger partial charge in [0.15, 0.2) is 0 Å². The van der Waals surface area contributed by atoms with Crippen LogP contribution in [0, 0.1) is 5.82 Å². The summed E-state index contributed by atoms with van der Waals surface area (Å²) in [6, 6.07) is 22.4. The zero-order valence-corrected chi connectivity index (χ0v) is 15.3. The molecule has 4 rings (SSSR count). The lowest BCUT2D eigenvalue weighted by Crippen LogP contribution is -2.07. The van der Waals surface area contributed by atoms with Crippen LogP contribution >= 0.6 is 0 Å². The van der Waals surface area contributed by atoms with Crippen molar-refractivity contribution < 1.29 is 9.50 Å². The van der Waals surface area contributed by atoms with Crippen molar-refractivity contribution >= 4 is 0 Å². The average Bonchev–Trinajstić information content (AvgIpc) is 3.24. The Morgan fingerprint density at radius 3 is 2.43 bits per heavy atom. The Balaban J connectivity index is 1.67. The Hall–Kier alpha value is -3.40. The van der Waals surface area contributed by atoms with Gasteiger partial charge in [0.25, 0.3) is 0 Å². The molecule has 4 heteroatoms. The van der Waals surface area contributed by atoms with Crippen molar-refractivity contribution in [2.24, 2.45) is 0 Å². The molecule has 0 amide bonds. The minimum Gasteiger partial charge on any atom is -0.508 e.